The van der Waals surface area contributed by atoms with Crippen LogP contribution in [0.3, 0.4) is 0 Å². The average molecular weight is 281 g/mol. The van der Waals surface area contributed by atoms with E-state index in [-0.39, 0.29) is 12.3 Å². The van der Waals surface area contributed by atoms with Crippen LogP contribution in [0.1, 0.15) is 40.2 Å². The molecule has 1 rings (SSSR count). The van der Waals surface area contributed by atoms with E-state index >= 15 is 0 Å². The van der Waals surface area contributed by atoms with Gasteiger partial charge in [-0.1, -0.05) is 12.1 Å². The van der Waals surface area contributed by atoms with E-state index in [0.29, 0.717) is 13.2 Å². The zero-order valence-corrected chi connectivity index (χ0v) is 13.3. The summed E-state index contributed by atoms with van der Waals surface area (Å²) >= 11 is 0. The molecule has 0 aliphatic heterocycles. The molecule has 114 valence electrons. The molecule has 0 saturated carbocycles. The van der Waals surface area contributed by atoms with E-state index in [4.69, 9.17) is 14.2 Å². The maximum Gasteiger partial charge on any atom is 0.189 e. The molecule has 1 aromatic carbocycles. The first-order valence-electron chi connectivity index (χ1n) is 7.18. The first-order chi connectivity index (χ1) is 9.48. The minimum absolute atomic E-state index is 0.0544. The van der Waals surface area contributed by atoms with Crippen LogP contribution < -0.4 is 14.8 Å². The van der Waals surface area contributed by atoms with E-state index in [9.17, 15) is 0 Å². The lowest BCUT2D eigenvalue weighted by Gasteiger charge is -2.22. The number of hydrogen-bond acceptors (Lipinski definition) is 4. The second kappa shape index (κ2) is 8.12. The Kier molecular flexibility index (Phi) is 6.82. The summed E-state index contributed by atoms with van der Waals surface area (Å²) in [5.41, 5.74) is 1.13. The van der Waals surface area contributed by atoms with E-state index in [1.165, 1.54) is 0 Å². The number of rotatable bonds is 8. The molecule has 0 atom stereocenters. The Hall–Kier alpha value is -1.26. The largest absolute Gasteiger partial charge is 0.490 e. The normalized spacial score (nSPS) is 11.4. The van der Waals surface area contributed by atoms with Gasteiger partial charge in [0.05, 0.1) is 6.61 Å². The third-order valence-electron chi connectivity index (χ3n) is 2.66. The van der Waals surface area contributed by atoms with E-state index < -0.39 is 0 Å². The molecular formula is C16H27NO3. The predicted octanol–water partition coefficient (Wildman–Crippen LogP) is 3.35. The second-order valence-electron chi connectivity index (χ2n) is 5.54. The quantitative estimate of drug-likeness (QED) is 0.586. The molecule has 0 amide bonds. The Morgan fingerprint density at radius 1 is 1.05 bits per heavy atom. The van der Waals surface area contributed by atoms with Crippen molar-refractivity contribution >= 4 is 0 Å². The summed E-state index contributed by atoms with van der Waals surface area (Å²) in [5.74, 6) is 1.53. The van der Waals surface area contributed by atoms with E-state index in [2.05, 4.69) is 26.1 Å². The van der Waals surface area contributed by atoms with Gasteiger partial charge in [0.15, 0.2) is 18.3 Å². The molecule has 1 aromatic rings. The molecule has 0 bridgehead atoms. The number of para-hydroxylation sites is 1. The molecule has 0 saturated heterocycles. The van der Waals surface area contributed by atoms with Crippen molar-refractivity contribution in [3.05, 3.63) is 23.8 Å². The highest BCUT2D eigenvalue weighted by atomic mass is 16.7. The third-order valence-corrected chi connectivity index (χ3v) is 2.66. The van der Waals surface area contributed by atoms with Gasteiger partial charge < -0.3 is 19.5 Å². The molecule has 0 heterocycles. The van der Waals surface area contributed by atoms with Gasteiger partial charge in [0.1, 0.15) is 0 Å². The van der Waals surface area contributed by atoms with Crippen LogP contribution in [0.25, 0.3) is 0 Å². The zero-order chi connectivity index (χ0) is 15.0. The highest BCUT2D eigenvalue weighted by molar-refractivity contribution is 5.46. The maximum absolute atomic E-state index is 5.74. The summed E-state index contributed by atoms with van der Waals surface area (Å²) in [7, 11) is 0. The molecule has 0 aromatic heterocycles. The van der Waals surface area contributed by atoms with Gasteiger partial charge in [0, 0.05) is 24.3 Å². The van der Waals surface area contributed by atoms with Crippen LogP contribution in [0.2, 0.25) is 0 Å². The standard InChI is InChI=1S/C16H27NO3/c1-6-18-12-20-15-13(11-17-16(3,4)5)9-8-10-14(15)19-7-2/h8-10,17H,6-7,11-12H2,1-5H3. The summed E-state index contributed by atoms with van der Waals surface area (Å²) in [6.07, 6.45) is 0. The van der Waals surface area contributed by atoms with Gasteiger partial charge >= 0.3 is 0 Å². The first kappa shape index (κ1) is 16.8. The van der Waals surface area contributed by atoms with Crippen molar-refractivity contribution in [1.29, 1.82) is 0 Å². The van der Waals surface area contributed by atoms with Crippen LogP contribution in [0, 0.1) is 0 Å². The van der Waals surface area contributed by atoms with Gasteiger partial charge in [-0.2, -0.15) is 0 Å². The molecule has 1 N–H and O–H groups in total. The lowest BCUT2D eigenvalue weighted by molar-refractivity contribution is 0.0199. The van der Waals surface area contributed by atoms with Gasteiger partial charge in [-0.25, -0.2) is 0 Å². The average Bonchev–Trinajstić information content (AvgIpc) is 2.38. The predicted molar refractivity (Wildman–Crippen MR) is 81.3 cm³/mol. The minimum atomic E-state index is 0.0544. The number of ether oxygens (including phenoxy) is 3. The van der Waals surface area contributed by atoms with E-state index in [1.54, 1.807) is 0 Å². The van der Waals surface area contributed by atoms with Crippen LogP contribution in [0.4, 0.5) is 0 Å². The number of hydrogen-bond donors (Lipinski definition) is 1. The van der Waals surface area contributed by atoms with Gasteiger partial charge in [-0.3, -0.25) is 0 Å². The number of benzene rings is 1. The summed E-state index contributed by atoms with van der Waals surface area (Å²) in [6, 6.07) is 5.95. The van der Waals surface area contributed by atoms with Crippen LogP contribution in [-0.4, -0.2) is 25.5 Å². The summed E-state index contributed by atoms with van der Waals surface area (Å²) in [4.78, 5) is 0. The fraction of sp³-hybridized carbons (Fsp3) is 0.625. The molecular weight excluding hydrogens is 254 g/mol. The molecule has 4 nitrogen and oxygen atoms in total. The van der Waals surface area contributed by atoms with E-state index in [0.717, 1.165) is 23.6 Å². The fourth-order valence-corrected chi connectivity index (χ4v) is 1.68. The topological polar surface area (TPSA) is 39.7 Å². The highest BCUT2D eigenvalue weighted by Crippen LogP contribution is 2.31. The van der Waals surface area contributed by atoms with Gasteiger partial charge in [-0.05, 0) is 40.7 Å². The smallest absolute Gasteiger partial charge is 0.189 e. The first-order valence-corrected chi connectivity index (χ1v) is 7.18. The zero-order valence-electron chi connectivity index (χ0n) is 13.3. The Morgan fingerprint density at radius 2 is 1.80 bits per heavy atom. The van der Waals surface area contributed by atoms with Crippen molar-refractivity contribution in [3.8, 4) is 11.5 Å². The van der Waals surface area contributed by atoms with Crippen LogP contribution in [-0.2, 0) is 11.3 Å². The van der Waals surface area contributed by atoms with Crippen LogP contribution >= 0.6 is 0 Å². The Morgan fingerprint density at radius 3 is 2.40 bits per heavy atom. The SMILES string of the molecule is CCOCOc1c(CNC(C)(C)C)cccc1OCC. The molecule has 0 aliphatic rings. The van der Waals surface area contributed by atoms with Crippen LogP contribution in [0.5, 0.6) is 11.5 Å². The molecule has 0 fully saturated rings. The van der Waals surface area contributed by atoms with Crippen LogP contribution in [0.15, 0.2) is 18.2 Å². The summed E-state index contributed by atoms with van der Waals surface area (Å²) in [6.45, 7) is 12.5. The van der Waals surface area contributed by atoms with E-state index in [1.807, 2.05) is 32.0 Å². The van der Waals surface area contributed by atoms with Gasteiger partial charge in [0.25, 0.3) is 0 Å². The van der Waals surface area contributed by atoms with Crippen molar-refractivity contribution in [2.45, 2.75) is 46.7 Å². The lowest BCUT2D eigenvalue weighted by atomic mass is 10.1. The van der Waals surface area contributed by atoms with Crippen molar-refractivity contribution in [1.82, 2.24) is 5.32 Å². The summed E-state index contributed by atoms with van der Waals surface area (Å²) in [5, 5.41) is 3.46. The van der Waals surface area contributed by atoms with Crippen molar-refractivity contribution in [3.63, 3.8) is 0 Å². The maximum atomic E-state index is 5.74. The Bertz CT molecular complexity index is 399. The third kappa shape index (κ3) is 5.80. The molecule has 0 spiro atoms. The molecule has 20 heavy (non-hydrogen) atoms. The fourth-order valence-electron chi connectivity index (χ4n) is 1.68. The van der Waals surface area contributed by atoms with Crippen molar-refractivity contribution in [2.24, 2.45) is 0 Å². The summed E-state index contributed by atoms with van der Waals surface area (Å²) < 4.78 is 16.6. The molecule has 0 aliphatic carbocycles. The second-order valence-corrected chi connectivity index (χ2v) is 5.54. The molecule has 0 radical (unpaired) electrons. The number of nitrogens with one attached hydrogen (secondary N) is 1. The minimum Gasteiger partial charge on any atom is -0.490 e. The van der Waals surface area contributed by atoms with Crippen molar-refractivity contribution in [2.75, 3.05) is 20.0 Å². The van der Waals surface area contributed by atoms with Gasteiger partial charge in [0.2, 0.25) is 0 Å². The Balaban J connectivity index is 2.86. The van der Waals surface area contributed by atoms with Crippen molar-refractivity contribution < 1.29 is 14.2 Å². The lowest BCUT2D eigenvalue weighted by Crippen LogP contribution is -2.35. The monoisotopic (exact) mass is 281 g/mol. The highest BCUT2D eigenvalue weighted by Gasteiger charge is 2.14. The molecule has 0 unspecified atom stereocenters. The van der Waals surface area contributed by atoms with Gasteiger partial charge in [-0.15, -0.1) is 0 Å². The molecule has 4 heteroatoms. The Labute approximate surface area is 122 Å².